The Bertz CT molecular complexity index is 731. The molecule has 0 aromatic carbocycles. The highest BCUT2D eigenvalue weighted by atomic mass is 35.5. The topological polar surface area (TPSA) is 77.2 Å². The Morgan fingerprint density at radius 2 is 2.22 bits per heavy atom. The second kappa shape index (κ2) is 6.16. The Balaban J connectivity index is 1.64. The van der Waals surface area contributed by atoms with Gasteiger partial charge in [0.25, 0.3) is 0 Å². The van der Waals surface area contributed by atoms with Crippen molar-refractivity contribution in [3.63, 3.8) is 0 Å². The molecular weight excluding hydrogens is 325 g/mol. The molecule has 0 saturated heterocycles. The number of nitrogens with zero attached hydrogens (tertiary/aromatic N) is 3. The maximum atomic E-state index is 12.8. The third-order valence-corrected chi connectivity index (χ3v) is 4.27. The average Bonchev–Trinajstić information content (AvgIpc) is 3.15. The van der Waals surface area contributed by atoms with Gasteiger partial charge in [-0.3, -0.25) is 4.39 Å². The molecule has 1 saturated carbocycles. The second-order valence-corrected chi connectivity index (χ2v) is 6.00. The van der Waals surface area contributed by atoms with Crippen LogP contribution in [-0.2, 0) is 0 Å². The molecule has 2 heterocycles. The van der Waals surface area contributed by atoms with Crippen molar-refractivity contribution in [2.24, 2.45) is 5.41 Å². The minimum atomic E-state index is -1.14. The molecule has 1 N–H and O–H groups in total. The molecule has 122 valence electrons. The van der Waals surface area contributed by atoms with E-state index in [4.69, 9.17) is 21.4 Å². The highest BCUT2D eigenvalue weighted by molar-refractivity contribution is 6.32. The molecule has 0 aliphatic heterocycles. The molecule has 0 unspecified atom stereocenters. The molecule has 23 heavy (non-hydrogen) atoms. The van der Waals surface area contributed by atoms with E-state index < -0.39 is 5.97 Å². The minimum absolute atomic E-state index is 0.0694. The second-order valence-electron chi connectivity index (χ2n) is 5.64. The SMILES string of the molecule is O=C(O)c1ccc(-n2ccc(OCCC3(CF)CC3)n2)nc1Cl. The summed E-state index contributed by atoms with van der Waals surface area (Å²) in [5.41, 5.74) is -0.246. The quantitative estimate of drug-likeness (QED) is 0.784. The van der Waals surface area contributed by atoms with E-state index in [1.54, 1.807) is 12.3 Å². The normalized spacial score (nSPS) is 15.4. The largest absolute Gasteiger partial charge is 0.478 e. The van der Waals surface area contributed by atoms with Crippen molar-refractivity contribution < 1.29 is 19.0 Å². The fraction of sp³-hybridized carbons (Fsp3) is 0.400. The lowest BCUT2D eigenvalue weighted by Crippen LogP contribution is -2.10. The number of pyridine rings is 1. The summed E-state index contributed by atoms with van der Waals surface area (Å²) in [5, 5.41) is 13.0. The van der Waals surface area contributed by atoms with Gasteiger partial charge in [0.15, 0.2) is 5.82 Å². The van der Waals surface area contributed by atoms with E-state index in [0.29, 0.717) is 24.7 Å². The Labute approximate surface area is 136 Å². The number of halogens is 2. The van der Waals surface area contributed by atoms with E-state index in [0.717, 1.165) is 12.8 Å². The van der Waals surface area contributed by atoms with Gasteiger partial charge in [0.1, 0.15) is 5.15 Å². The highest BCUT2D eigenvalue weighted by Crippen LogP contribution is 2.48. The van der Waals surface area contributed by atoms with Crippen LogP contribution in [0, 0.1) is 5.41 Å². The van der Waals surface area contributed by atoms with Gasteiger partial charge in [-0.25, -0.2) is 14.5 Å². The first-order valence-corrected chi connectivity index (χ1v) is 7.55. The third-order valence-electron chi connectivity index (χ3n) is 3.99. The summed E-state index contributed by atoms with van der Waals surface area (Å²) >= 11 is 5.84. The molecule has 0 spiro atoms. The molecule has 3 rings (SSSR count). The van der Waals surface area contributed by atoms with Crippen LogP contribution < -0.4 is 4.74 Å². The molecular formula is C15H15ClFN3O3. The van der Waals surface area contributed by atoms with E-state index in [9.17, 15) is 9.18 Å². The fourth-order valence-electron chi connectivity index (χ4n) is 2.22. The number of carboxylic acids is 1. The van der Waals surface area contributed by atoms with E-state index in [2.05, 4.69) is 10.1 Å². The van der Waals surface area contributed by atoms with Gasteiger partial charge >= 0.3 is 5.97 Å². The van der Waals surface area contributed by atoms with Crippen molar-refractivity contribution in [3.05, 3.63) is 35.1 Å². The molecule has 6 nitrogen and oxygen atoms in total. The molecule has 1 fully saturated rings. The van der Waals surface area contributed by atoms with Crippen LogP contribution in [0.5, 0.6) is 5.88 Å². The van der Waals surface area contributed by atoms with Crippen molar-refractivity contribution in [1.29, 1.82) is 0 Å². The molecule has 0 bridgehead atoms. The van der Waals surface area contributed by atoms with Crippen molar-refractivity contribution >= 4 is 17.6 Å². The Kier molecular flexibility index (Phi) is 4.21. The van der Waals surface area contributed by atoms with Crippen molar-refractivity contribution in [2.45, 2.75) is 19.3 Å². The van der Waals surface area contributed by atoms with Gasteiger partial charge in [0.05, 0.1) is 18.8 Å². The Hall–Kier alpha value is -2.15. The number of aromatic nitrogens is 3. The fourth-order valence-corrected chi connectivity index (χ4v) is 2.45. The predicted molar refractivity (Wildman–Crippen MR) is 81.1 cm³/mol. The summed E-state index contributed by atoms with van der Waals surface area (Å²) in [6.07, 6.45) is 4.14. The monoisotopic (exact) mass is 339 g/mol. The number of hydrogen-bond acceptors (Lipinski definition) is 4. The summed E-state index contributed by atoms with van der Waals surface area (Å²) in [5.74, 6) is -0.349. The lowest BCUT2D eigenvalue weighted by molar-refractivity contribution is 0.0696. The first-order chi connectivity index (χ1) is 11.0. The molecule has 0 atom stereocenters. The van der Waals surface area contributed by atoms with Crippen LogP contribution in [-0.4, -0.2) is 39.1 Å². The van der Waals surface area contributed by atoms with Gasteiger partial charge in [0, 0.05) is 17.7 Å². The predicted octanol–water partition coefficient (Wildman–Crippen LogP) is 3.14. The number of rotatable bonds is 7. The zero-order chi connectivity index (χ0) is 16.4. The van der Waals surface area contributed by atoms with Crippen molar-refractivity contribution in [1.82, 2.24) is 14.8 Å². The van der Waals surface area contributed by atoms with Crippen LogP contribution in [0.2, 0.25) is 5.15 Å². The van der Waals surface area contributed by atoms with E-state index in [-0.39, 0.29) is 22.8 Å². The number of alkyl halides is 1. The average molecular weight is 340 g/mol. The smallest absolute Gasteiger partial charge is 0.338 e. The van der Waals surface area contributed by atoms with Gasteiger partial charge in [-0.1, -0.05) is 11.6 Å². The highest BCUT2D eigenvalue weighted by Gasteiger charge is 2.42. The molecule has 1 aliphatic carbocycles. The molecule has 0 radical (unpaired) electrons. The molecule has 8 heteroatoms. The minimum Gasteiger partial charge on any atom is -0.478 e. The van der Waals surface area contributed by atoms with Gasteiger partial charge in [0.2, 0.25) is 5.88 Å². The standard InChI is InChI=1S/C15H15ClFN3O3/c16-13-10(14(21)22)1-2-11(18-13)20-7-3-12(19-20)23-8-6-15(9-17)4-5-15/h1-3,7H,4-6,8-9H2,(H,21,22). The number of hydrogen-bond donors (Lipinski definition) is 1. The number of aromatic carboxylic acids is 1. The number of ether oxygens (including phenoxy) is 1. The van der Waals surface area contributed by atoms with Crippen molar-refractivity contribution in [2.75, 3.05) is 13.3 Å². The van der Waals surface area contributed by atoms with Crippen LogP contribution in [0.15, 0.2) is 24.4 Å². The molecule has 2 aromatic heterocycles. The first kappa shape index (κ1) is 15.7. The molecule has 2 aromatic rings. The summed E-state index contributed by atoms with van der Waals surface area (Å²) in [4.78, 5) is 14.9. The van der Waals surface area contributed by atoms with Gasteiger partial charge in [-0.15, -0.1) is 5.10 Å². The van der Waals surface area contributed by atoms with E-state index >= 15 is 0 Å². The van der Waals surface area contributed by atoms with Crippen LogP contribution in [0.4, 0.5) is 4.39 Å². The maximum Gasteiger partial charge on any atom is 0.338 e. The third kappa shape index (κ3) is 3.44. The van der Waals surface area contributed by atoms with Crippen LogP contribution >= 0.6 is 11.6 Å². The van der Waals surface area contributed by atoms with E-state index in [1.165, 1.54) is 16.8 Å². The van der Waals surface area contributed by atoms with Crippen LogP contribution in [0.1, 0.15) is 29.6 Å². The van der Waals surface area contributed by atoms with Crippen LogP contribution in [0.3, 0.4) is 0 Å². The van der Waals surface area contributed by atoms with Gasteiger partial charge < -0.3 is 9.84 Å². The lowest BCUT2D eigenvalue weighted by atomic mass is 10.1. The molecule has 1 aliphatic rings. The first-order valence-electron chi connectivity index (χ1n) is 7.18. The van der Waals surface area contributed by atoms with Gasteiger partial charge in [-0.2, -0.15) is 0 Å². The summed E-state index contributed by atoms with van der Waals surface area (Å²) in [6, 6.07) is 4.54. The number of carboxylic acid groups (broad SMARTS) is 1. The molecule has 0 amide bonds. The Morgan fingerprint density at radius 3 is 2.83 bits per heavy atom. The maximum absolute atomic E-state index is 12.8. The summed E-state index contributed by atoms with van der Waals surface area (Å²) in [6.45, 7) is 0.107. The number of carbonyl (C=O) groups is 1. The Morgan fingerprint density at radius 1 is 1.43 bits per heavy atom. The van der Waals surface area contributed by atoms with Crippen LogP contribution in [0.25, 0.3) is 5.82 Å². The summed E-state index contributed by atoms with van der Waals surface area (Å²) < 4.78 is 19.7. The summed E-state index contributed by atoms with van der Waals surface area (Å²) in [7, 11) is 0. The lowest BCUT2D eigenvalue weighted by Gasteiger charge is -2.09. The zero-order valence-corrected chi connectivity index (χ0v) is 13.0. The van der Waals surface area contributed by atoms with Crippen molar-refractivity contribution in [3.8, 4) is 11.7 Å². The zero-order valence-electron chi connectivity index (χ0n) is 12.2. The van der Waals surface area contributed by atoms with Gasteiger partial charge in [-0.05, 0) is 31.4 Å². The van der Waals surface area contributed by atoms with E-state index in [1.807, 2.05) is 0 Å².